The second-order valence-corrected chi connectivity index (χ2v) is 5.50. The normalized spacial score (nSPS) is 19.2. The van der Waals surface area contributed by atoms with E-state index in [0.29, 0.717) is 18.2 Å². The second kappa shape index (κ2) is 3.59. The monoisotopic (exact) mass is 209 g/mol. The summed E-state index contributed by atoms with van der Waals surface area (Å²) in [4.78, 5) is 4.37. The Morgan fingerprint density at radius 2 is 2.13 bits per heavy atom. The number of nitrogens with two attached hydrogens (primary N) is 1. The Balaban J connectivity index is 1.98. The Morgan fingerprint density at radius 1 is 1.47 bits per heavy atom. The van der Waals surface area contributed by atoms with Gasteiger partial charge in [0.05, 0.1) is 0 Å². The molecule has 1 heterocycles. The molecule has 1 unspecified atom stereocenters. The van der Waals surface area contributed by atoms with Gasteiger partial charge in [-0.2, -0.15) is 4.98 Å². The Kier molecular flexibility index (Phi) is 2.54. The Bertz CT molecular complexity index is 336. The summed E-state index contributed by atoms with van der Waals surface area (Å²) in [6.45, 7) is 6.36. The van der Waals surface area contributed by atoms with E-state index in [2.05, 4.69) is 30.9 Å². The molecule has 1 aliphatic carbocycles. The molecule has 0 aromatic carbocycles. The average molecular weight is 209 g/mol. The maximum absolute atomic E-state index is 6.06. The van der Waals surface area contributed by atoms with Gasteiger partial charge in [0.15, 0.2) is 5.82 Å². The minimum atomic E-state index is 0.0602. The highest BCUT2D eigenvalue weighted by Crippen LogP contribution is 2.38. The van der Waals surface area contributed by atoms with Crippen molar-refractivity contribution in [2.75, 3.05) is 0 Å². The molecule has 15 heavy (non-hydrogen) atoms. The van der Waals surface area contributed by atoms with Crippen molar-refractivity contribution in [1.29, 1.82) is 0 Å². The summed E-state index contributed by atoms with van der Waals surface area (Å²) in [5.74, 6) is 2.10. The van der Waals surface area contributed by atoms with Crippen LogP contribution in [0.4, 0.5) is 0 Å². The molecule has 1 fully saturated rings. The van der Waals surface area contributed by atoms with Crippen LogP contribution in [0.2, 0.25) is 0 Å². The van der Waals surface area contributed by atoms with Crippen LogP contribution in [0, 0.1) is 5.41 Å². The first-order valence-corrected chi connectivity index (χ1v) is 5.55. The van der Waals surface area contributed by atoms with E-state index < -0.39 is 0 Å². The SMILES string of the molecule is CC(C)(C)C(N)Cc1nc(C2CC2)no1. The van der Waals surface area contributed by atoms with Crippen LogP contribution in [0.5, 0.6) is 0 Å². The largest absolute Gasteiger partial charge is 0.339 e. The molecule has 1 atom stereocenters. The molecule has 2 rings (SSSR count). The molecule has 0 amide bonds. The molecule has 84 valence electrons. The third-order valence-corrected chi connectivity index (χ3v) is 2.93. The lowest BCUT2D eigenvalue weighted by molar-refractivity contribution is 0.285. The van der Waals surface area contributed by atoms with E-state index in [-0.39, 0.29) is 11.5 Å². The topological polar surface area (TPSA) is 64.9 Å². The zero-order chi connectivity index (χ0) is 11.1. The van der Waals surface area contributed by atoms with Crippen LogP contribution in [0.25, 0.3) is 0 Å². The van der Waals surface area contributed by atoms with Crippen molar-refractivity contribution < 1.29 is 4.52 Å². The molecule has 0 aliphatic heterocycles. The maximum atomic E-state index is 6.06. The number of hydrogen-bond donors (Lipinski definition) is 1. The fourth-order valence-corrected chi connectivity index (χ4v) is 1.35. The summed E-state index contributed by atoms with van der Waals surface area (Å²) >= 11 is 0. The molecule has 4 heteroatoms. The first-order chi connectivity index (χ1) is 6.97. The zero-order valence-electron chi connectivity index (χ0n) is 9.66. The van der Waals surface area contributed by atoms with Crippen molar-refractivity contribution in [3.05, 3.63) is 11.7 Å². The molecule has 0 radical (unpaired) electrons. The van der Waals surface area contributed by atoms with Gasteiger partial charge < -0.3 is 10.3 Å². The van der Waals surface area contributed by atoms with Gasteiger partial charge in [0.25, 0.3) is 0 Å². The van der Waals surface area contributed by atoms with Crippen LogP contribution in [0.15, 0.2) is 4.52 Å². The third-order valence-electron chi connectivity index (χ3n) is 2.93. The van der Waals surface area contributed by atoms with Crippen molar-refractivity contribution in [3.63, 3.8) is 0 Å². The van der Waals surface area contributed by atoms with Gasteiger partial charge in [-0.15, -0.1) is 0 Å². The predicted molar refractivity (Wildman–Crippen MR) is 57.4 cm³/mol. The van der Waals surface area contributed by atoms with E-state index in [9.17, 15) is 0 Å². The van der Waals surface area contributed by atoms with Gasteiger partial charge in [0.2, 0.25) is 5.89 Å². The lowest BCUT2D eigenvalue weighted by Crippen LogP contribution is -2.36. The van der Waals surface area contributed by atoms with Crippen molar-refractivity contribution in [2.45, 2.75) is 52.0 Å². The van der Waals surface area contributed by atoms with Crippen molar-refractivity contribution in [1.82, 2.24) is 10.1 Å². The fraction of sp³-hybridized carbons (Fsp3) is 0.818. The summed E-state index contributed by atoms with van der Waals surface area (Å²) in [5.41, 5.74) is 6.13. The van der Waals surface area contributed by atoms with Gasteiger partial charge in [-0.3, -0.25) is 0 Å². The van der Waals surface area contributed by atoms with E-state index >= 15 is 0 Å². The van der Waals surface area contributed by atoms with Crippen LogP contribution in [-0.2, 0) is 6.42 Å². The molecular weight excluding hydrogens is 190 g/mol. The zero-order valence-corrected chi connectivity index (χ0v) is 9.66. The highest BCUT2D eigenvalue weighted by molar-refractivity contribution is 5.04. The van der Waals surface area contributed by atoms with Gasteiger partial charge in [0, 0.05) is 18.4 Å². The van der Waals surface area contributed by atoms with Crippen LogP contribution < -0.4 is 5.73 Å². The van der Waals surface area contributed by atoms with Gasteiger partial charge in [-0.05, 0) is 18.3 Å². The number of rotatable bonds is 3. The van der Waals surface area contributed by atoms with Gasteiger partial charge in [0.1, 0.15) is 0 Å². The third kappa shape index (κ3) is 2.56. The first kappa shape index (κ1) is 10.6. The molecule has 1 aliphatic rings. The molecule has 4 nitrogen and oxygen atoms in total. The van der Waals surface area contributed by atoms with Crippen molar-refractivity contribution >= 4 is 0 Å². The summed E-state index contributed by atoms with van der Waals surface area (Å²) < 4.78 is 5.19. The van der Waals surface area contributed by atoms with Gasteiger partial charge >= 0.3 is 0 Å². The minimum absolute atomic E-state index is 0.0602. The van der Waals surface area contributed by atoms with Crippen LogP contribution >= 0.6 is 0 Å². The number of nitrogens with zero attached hydrogens (tertiary/aromatic N) is 2. The predicted octanol–water partition coefficient (Wildman–Crippen LogP) is 1.86. The minimum Gasteiger partial charge on any atom is -0.339 e. The van der Waals surface area contributed by atoms with Crippen LogP contribution in [0.3, 0.4) is 0 Å². The average Bonchev–Trinajstić information content (AvgIpc) is 2.87. The van der Waals surface area contributed by atoms with E-state index in [4.69, 9.17) is 10.3 Å². The Hall–Kier alpha value is -0.900. The lowest BCUT2D eigenvalue weighted by Gasteiger charge is -2.25. The molecule has 1 aromatic rings. The number of aromatic nitrogens is 2. The fourth-order valence-electron chi connectivity index (χ4n) is 1.35. The molecule has 0 bridgehead atoms. The van der Waals surface area contributed by atoms with Crippen molar-refractivity contribution in [3.8, 4) is 0 Å². The van der Waals surface area contributed by atoms with E-state index in [0.717, 1.165) is 5.82 Å². The molecule has 0 spiro atoms. The van der Waals surface area contributed by atoms with E-state index in [1.54, 1.807) is 0 Å². The maximum Gasteiger partial charge on any atom is 0.228 e. The molecular formula is C11H19N3O. The molecule has 2 N–H and O–H groups in total. The summed E-state index contributed by atoms with van der Waals surface area (Å²) in [6.07, 6.45) is 3.07. The van der Waals surface area contributed by atoms with Gasteiger partial charge in [-0.1, -0.05) is 25.9 Å². The number of hydrogen-bond acceptors (Lipinski definition) is 4. The standard InChI is InChI=1S/C11H19N3O/c1-11(2,3)8(12)6-9-13-10(14-15-9)7-4-5-7/h7-8H,4-6,12H2,1-3H3. The van der Waals surface area contributed by atoms with E-state index in [1.807, 2.05) is 0 Å². The van der Waals surface area contributed by atoms with Crippen LogP contribution in [0.1, 0.15) is 51.2 Å². The second-order valence-electron chi connectivity index (χ2n) is 5.50. The summed E-state index contributed by atoms with van der Waals surface area (Å²) in [7, 11) is 0. The lowest BCUT2D eigenvalue weighted by atomic mass is 9.85. The highest BCUT2D eigenvalue weighted by atomic mass is 16.5. The molecule has 1 saturated carbocycles. The van der Waals surface area contributed by atoms with Crippen molar-refractivity contribution in [2.24, 2.45) is 11.1 Å². The Morgan fingerprint density at radius 3 is 2.67 bits per heavy atom. The summed E-state index contributed by atoms with van der Waals surface area (Å²) in [5, 5.41) is 3.97. The quantitative estimate of drug-likeness (QED) is 0.825. The summed E-state index contributed by atoms with van der Waals surface area (Å²) in [6, 6.07) is 0.0602. The highest BCUT2D eigenvalue weighted by Gasteiger charge is 2.30. The molecule has 1 aromatic heterocycles. The van der Waals surface area contributed by atoms with E-state index in [1.165, 1.54) is 12.8 Å². The first-order valence-electron chi connectivity index (χ1n) is 5.55. The van der Waals surface area contributed by atoms with Crippen LogP contribution in [-0.4, -0.2) is 16.2 Å². The Labute approximate surface area is 90.2 Å². The molecule has 0 saturated heterocycles. The van der Waals surface area contributed by atoms with Gasteiger partial charge in [-0.25, -0.2) is 0 Å². The smallest absolute Gasteiger partial charge is 0.228 e.